The molecule has 0 radical (unpaired) electrons. The van der Waals surface area contributed by atoms with Crippen molar-refractivity contribution in [3.05, 3.63) is 54.1 Å². The Morgan fingerprint density at radius 2 is 1.85 bits per heavy atom. The predicted octanol–water partition coefficient (Wildman–Crippen LogP) is 3.44. The zero-order valence-corrected chi connectivity index (χ0v) is 11.3. The molecule has 0 aliphatic carbocycles. The van der Waals surface area contributed by atoms with Gasteiger partial charge in [0.05, 0.1) is 6.61 Å². The summed E-state index contributed by atoms with van der Waals surface area (Å²) in [6.45, 7) is 4.67. The van der Waals surface area contributed by atoms with Gasteiger partial charge in [0.1, 0.15) is 11.6 Å². The van der Waals surface area contributed by atoms with Gasteiger partial charge in [0.25, 0.3) is 0 Å². The maximum atomic E-state index is 13.8. The number of hydrogen-bond donors (Lipinski definition) is 0. The monoisotopic (exact) mass is 273 g/mol. The number of rotatable bonds is 5. The Morgan fingerprint density at radius 1 is 1.15 bits per heavy atom. The Hall–Kier alpha value is -1.84. The van der Waals surface area contributed by atoms with Crippen LogP contribution in [0.25, 0.3) is 0 Å². The largest absolute Gasteiger partial charge is 0.493 e. The molecule has 0 atom stereocenters. The second kappa shape index (κ2) is 7.68. The highest BCUT2D eigenvalue weighted by Crippen LogP contribution is 2.12. The molecule has 4 heteroatoms. The Morgan fingerprint density at radius 3 is 2.45 bits per heavy atom. The Kier molecular flexibility index (Phi) is 6.23. The van der Waals surface area contributed by atoms with E-state index in [2.05, 4.69) is 4.98 Å². The van der Waals surface area contributed by atoms with Crippen molar-refractivity contribution in [1.82, 2.24) is 4.98 Å². The van der Waals surface area contributed by atoms with Gasteiger partial charge in [-0.25, -0.2) is 4.39 Å². The van der Waals surface area contributed by atoms with Gasteiger partial charge >= 0.3 is 0 Å². The van der Waals surface area contributed by atoms with Crippen molar-refractivity contribution >= 4 is 12.2 Å². The molecule has 0 fully saturated rings. The lowest BCUT2D eigenvalue weighted by Gasteiger charge is -2.09. The maximum absolute atomic E-state index is 13.8. The maximum Gasteiger partial charge on any atom is 0.173 e. The van der Waals surface area contributed by atoms with E-state index in [1.807, 2.05) is 31.8 Å². The lowest BCUT2D eigenvalue weighted by atomic mass is 9.49. The summed E-state index contributed by atoms with van der Waals surface area (Å²) in [7, 11) is 0. The highest BCUT2D eigenvalue weighted by atomic mass is 19.1. The SMILES string of the molecule is C.CB(C)c1ccc(OCCc2ccncc2)cc1F. The number of nitrogens with zero attached hydrogens (tertiary/aromatic N) is 1. The zero-order chi connectivity index (χ0) is 13.7. The van der Waals surface area contributed by atoms with Crippen LogP contribution in [0.1, 0.15) is 13.0 Å². The number of pyridine rings is 1. The molecule has 0 spiro atoms. The highest BCUT2D eigenvalue weighted by Gasteiger charge is 2.10. The fourth-order valence-electron chi connectivity index (χ4n) is 1.90. The predicted molar refractivity (Wildman–Crippen MR) is 83.7 cm³/mol. The molecule has 20 heavy (non-hydrogen) atoms. The van der Waals surface area contributed by atoms with Gasteiger partial charge in [0.15, 0.2) is 6.71 Å². The van der Waals surface area contributed by atoms with Gasteiger partial charge in [-0.2, -0.15) is 0 Å². The molecule has 0 bridgehead atoms. The van der Waals surface area contributed by atoms with Gasteiger partial charge in [0, 0.05) is 24.9 Å². The molecular formula is C16H21BFNO. The standard InChI is InChI=1S/C15H17BFNO.CH4/c1-16(2)14-4-3-13(11-15(14)17)19-10-7-12-5-8-18-9-6-12;/h3-6,8-9,11H,7,10H2,1-2H3;1H4. The van der Waals surface area contributed by atoms with Crippen LogP contribution in [0.15, 0.2) is 42.7 Å². The van der Waals surface area contributed by atoms with E-state index in [0.29, 0.717) is 12.4 Å². The molecule has 0 unspecified atom stereocenters. The summed E-state index contributed by atoms with van der Waals surface area (Å²) in [5, 5.41) is 0. The van der Waals surface area contributed by atoms with Crippen LogP contribution in [0, 0.1) is 5.82 Å². The fraction of sp³-hybridized carbons (Fsp3) is 0.312. The molecule has 0 amide bonds. The lowest BCUT2D eigenvalue weighted by molar-refractivity contribution is 0.320. The van der Waals surface area contributed by atoms with E-state index in [9.17, 15) is 4.39 Å². The zero-order valence-electron chi connectivity index (χ0n) is 11.3. The first-order valence-electron chi connectivity index (χ1n) is 6.48. The van der Waals surface area contributed by atoms with Crippen molar-refractivity contribution in [3.8, 4) is 5.75 Å². The molecule has 1 aromatic heterocycles. The summed E-state index contributed by atoms with van der Waals surface area (Å²) in [6, 6.07) is 8.98. The molecule has 2 nitrogen and oxygen atoms in total. The van der Waals surface area contributed by atoms with Crippen molar-refractivity contribution in [3.63, 3.8) is 0 Å². The summed E-state index contributed by atoms with van der Waals surface area (Å²) in [5.74, 6) is 0.382. The van der Waals surface area contributed by atoms with E-state index in [4.69, 9.17) is 4.74 Å². The summed E-state index contributed by atoms with van der Waals surface area (Å²) < 4.78 is 19.3. The first-order chi connectivity index (χ1) is 9.16. The number of hydrogen-bond acceptors (Lipinski definition) is 2. The molecular weight excluding hydrogens is 252 g/mol. The molecule has 1 heterocycles. The minimum atomic E-state index is -0.198. The van der Waals surface area contributed by atoms with Crippen LogP contribution >= 0.6 is 0 Å². The van der Waals surface area contributed by atoms with Crippen LogP contribution in [0.4, 0.5) is 4.39 Å². The van der Waals surface area contributed by atoms with Crippen molar-refractivity contribution in [1.29, 1.82) is 0 Å². The second-order valence-corrected chi connectivity index (χ2v) is 4.79. The topological polar surface area (TPSA) is 22.1 Å². The molecule has 0 saturated heterocycles. The van der Waals surface area contributed by atoms with Gasteiger partial charge < -0.3 is 4.74 Å². The normalized spacial score (nSPS) is 9.75. The van der Waals surface area contributed by atoms with Crippen molar-refractivity contribution in [2.24, 2.45) is 0 Å². The molecule has 2 aromatic rings. The van der Waals surface area contributed by atoms with E-state index < -0.39 is 0 Å². The van der Waals surface area contributed by atoms with Crippen molar-refractivity contribution in [2.45, 2.75) is 27.5 Å². The summed E-state index contributed by atoms with van der Waals surface area (Å²) in [4.78, 5) is 3.96. The Bertz CT molecular complexity index is 531. The minimum Gasteiger partial charge on any atom is -0.493 e. The van der Waals surface area contributed by atoms with Gasteiger partial charge in [-0.05, 0) is 29.2 Å². The van der Waals surface area contributed by atoms with E-state index in [1.54, 1.807) is 18.5 Å². The van der Waals surface area contributed by atoms with Crippen LogP contribution in [-0.2, 0) is 6.42 Å². The molecule has 0 aliphatic rings. The third-order valence-corrected chi connectivity index (χ3v) is 3.00. The van der Waals surface area contributed by atoms with E-state index in [1.165, 1.54) is 6.07 Å². The first kappa shape index (κ1) is 16.2. The Labute approximate surface area is 121 Å². The van der Waals surface area contributed by atoms with E-state index >= 15 is 0 Å². The minimum absolute atomic E-state index is 0. The third-order valence-electron chi connectivity index (χ3n) is 3.00. The molecule has 0 N–H and O–H groups in total. The van der Waals surface area contributed by atoms with Crippen LogP contribution in [-0.4, -0.2) is 18.3 Å². The number of aromatic nitrogens is 1. The summed E-state index contributed by atoms with van der Waals surface area (Å²) >= 11 is 0. The smallest absolute Gasteiger partial charge is 0.173 e. The van der Waals surface area contributed by atoms with Gasteiger partial charge in [0.2, 0.25) is 0 Å². The molecule has 0 saturated carbocycles. The summed E-state index contributed by atoms with van der Waals surface area (Å²) in [6.07, 6.45) is 4.30. The molecule has 2 rings (SSSR count). The van der Waals surface area contributed by atoms with Gasteiger partial charge in [-0.3, -0.25) is 4.98 Å². The van der Waals surface area contributed by atoms with Crippen LogP contribution in [0.3, 0.4) is 0 Å². The van der Waals surface area contributed by atoms with E-state index in [0.717, 1.165) is 17.4 Å². The quantitative estimate of drug-likeness (QED) is 0.778. The molecule has 1 aromatic carbocycles. The van der Waals surface area contributed by atoms with Crippen molar-refractivity contribution < 1.29 is 9.13 Å². The van der Waals surface area contributed by atoms with Gasteiger partial charge in [-0.15, -0.1) is 0 Å². The summed E-state index contributed by atoms with van der Waals surface area (Å²) in [5.41, 5.74) is 1.88. The first-order valence-corrected chi connectivity index (χ1v) is 6.48. The van der Waals surface area contributed by atoms with Crippen LogP contribution in [0.2, 0.25) is 13.6 Å². The lowest BCUT2D eigenvalue weighted by Crippen LogP contribution is -2.25. The van der Waals surface area contributed by atoms with Crippen molar-refractivity contribution in [2.75, 3.05) is 6.61 Å². The Balaban J connectivity index is 0.00000200. The second-order valence-electron chi connectivity index (χ2n) is 4.79. The number of benzene rings is 1. The average molecular weight is 273 g/mol. The molecule has 0 aliphatic heterocycles. The third kappa shape index (κ3) is 4.37. The number of halogens is 1. The fourth-order valence-corrected chi connectivity index (χ4v) is 1.90. The van der Waals surface area contributed by atoms with Gasteiger partial charge in [-0.1, -0.05) is 27.1 Å². The average Bonchev–Trinajstić information content (AvgIpc) is 2.39. The molecule has 106 valence electrons. The van der Waals surface area contributed by atoms with E-state index in [-0.39, 0.29) is 20.0 Å². The number of ether oxygens (including phenoxy) is 1. The van der Waals surface area contributed by atoms with Crippen LogP contribution < -0.4 is 10.2 Å². The van der Waals surface area contributed by atoms with Crippen LogP contribution in [0.5, 0.6) is 5.75 Å². The highest BCUT2D eigenvalue weighted by molar-refractivity contribution is 6.70.